The topological polar surface area (TPSA) is 95.6 Å². The first-order chi connectivity index (χ1) is 12.7. The molecule has 2 heterocycles. The summed E-state index contributed by atoms with van der Waals surface area (Å²) in [6, 6.07) is 4.45. The van der Waals surface area contributed by atoms with Crippen molar-refractivity contribution in [2.45, 2.75) is 38.3 Å². The highest BCUT2D eigenvalue weighted by Gasteiger charge is 2.25. The van der Waals surface area contributed by atoms with Gasteiger partial charge < -0.3 is 21.3 Å². The summed E-state index contributed by atoms with van der Waals surface area (Å²) in [5, 5.41) is 6.83. The second-order valence-electron chi connectivity index (χ2n) is 6.86. The van der Waals surface area contributed by atoms with E-state index in [1.165, 1.54) is 0 Å². The van der Waals surface area contributed by atoms with Crippen molar-refractivity contribution in [1.82, 2.24) is 15.6 Å². The maximum absolute atomic E-state index is 11.4. The fourth-order valence-electron chi connectivity index (χ4n) is 3.53. The molecule has 1 aliphatic heterocycles. The van der Waals surface area contributed by atoms with Gasteiger partial charge in [0.25, 0.3) is 0 Å². The van der Waals surface area contributed by atoms with Crippen LogP contribution < -0.4 is 21.3 Å². The molecule has 8 heteroatoms. The molecule has 1 aromatic heterocycles. The standard InChI is InChI=1S/C19H28N6O.HI/c1-21-19(24-16-6-2-3-7-16)23-13-15-5-4-10-22-18(15)25-11-8-14(9-12-25)17(20)26;/h2-5,10,14,16H,6-9,11-13H2,1H3,(H2,20,26)(H2,21,23,24);1H. The maximum atomic E-state index is 11.4. The molecule has 0 unspecified atom stereocenters. The predicted octanol–water partition coefficient (Wildman–Crippen LogP) is 1.78. The van der Waals surface area contributed by atoms with E-state index in [-0.39, 0.29) is 35.8 Å². The van der Waals surface area contributed by atoms with Crippen LogP contribution in [0.3, 0.4) is 0 Å². The Morgan fingerprint density at radius 2 is 2.04 bits per heavy atom. The molecule has 0 radical (unpaired) electrons. The number of nitrogens with zero attached hydrogens (tertiary/aromatic N) is 3. The van der Waals surface area contributed by atoms with Crippen LogP contribution in [0, 0.1) is 5.92 Å². The van der Waals surface area contributed by atoms with Crippen molar-refractivity contribution in [3.63, 3.8) is 0 Å². The second-order valence-corrected chi connectivity index (χ2v) is 6.86. The van der Waals surface area contributed by atoms with Gasteiger partial charge in [0, 0.05) is 50.4 Å². The maximum Gasteiger partial charge on any atom is 0.220 e. The van der Waals surface area contributed by atoms with Gasteiger partial charge in [0.15, 0.2) is 5.96 Å². The molecule has 148 valence electrons. The predicted molar refractivity (Wildman–Crippen MR) is 119 cm³/mol. The summed E-state index contributed by atoms with van der Waals surface area (Å²) in [5.74, 6) is 1.57. The van der Waals surface area contributed by atoms with E-state index < -0.39 is 0 Å². The molecule has 4 N–H and O–H groups in total. The molecule has 1 amide bonds. The molecule has 1 aromatic rings. The average Bonchev–Trinajstić information content (AvgIpc) is 3.18. The lowest BCUT2D eigenvalue weighted by Gasteiger charge is -2.32. The molecule has 0 bridgehead atoms. The summed E-state index contributed by atoms with van der Waals surface area (Å²) in [7, 11) is 1.79. The van der Waals surface area contributed by atoms with E-state index in [0.29, 0.717) is 12.6 Å². The minimum atomic E-state index is -0.191. The lowest BCUT2D eigenvalue weighted by Crippen LogP contribution is -2.42. The second kappa shape index (κ2) is 10.5. The van der Waals surface area contributed by atoms with Gasteiger partial charge in [-0.1, -0.05) is 18.2 Å². The van der Waals surface area contributed by atoms with Gasteiger partial charge >= 0.3 is 0 Å². The summed E-state index contributed by atoms with van der Waals surface area (Å²) in [4.78, 5) is 22.5. The number of anilines is 1. The van der Waals surface area contributed by atoms with Gasteiger partial charge in [0.1, 0.15) is 5.82 Å². The fraction of sp³-hybridized carbons (Fsp3) is 0.526. The molecule has 1 saturated heterocycles. The third kappa shape index (κ3) is 5.82. The lowest BCUT2D eigenvalue weighted by atomic mass is 9.96. The number of aromatic nitrogens is 1. The van der Waals surface area contributed by atoms with Gasteiger partial charge in [-0.3, -0.25) is 9.79 Å². The Bertz CT molecular complexity index is 677. The van der Waals surface area contributed by atoms with Gasteiger partial charge in [0.2, 0.25) is 5.91 Å². The summed E-state index contributed by atoms with van der Waals surface area (Å²) in [6.45, 7) is 2.26. The van der Waals surface area contributed by atoms with E-state index in [9.17, 15) is 4.79 Å². The Morgan fingerprint density at radius 3 is 2.67 bits per heavy atom. The Balaban J connectivity index is 0.00000261. The number of hydrogen-bond acceptors (Lipinski definition) is 4. The van der Waals surface area contributed by atoms with Gasteiger partial charge in [0.05, 0.1) is 0 Å². The highest BCUT2D eigenvalue weighted by molar-refractivity contribution is 14.0. The highest BCUT2D eigenvalue weighted by Crippen LogP contribution is 2.24. The third-order valence-electron chi connectivity index (χ3n) is 5.08. The first kappa shape index (κ1) is 21.5. The zero-order valence-electron chi connectivity index (χ0n) is 15.7. The Labute approximate surface area is 177 Å². The van der Waals surface area contributed by atoms with Crippen LogP contribution in [0.15, 0.2) is 35.5 Å². The van der Waals surface area contributed by atoms with E-state index in [4.69, 9.17) is 5.73 Å². The molecule has 0 aromatic carbocycles. The number of aliphatic imine (C=N–C) groups is 1. The number of amides is 1. The Morgan fingerprint density at radius 1 is 1.33 bits per heavy atom. The van der Waals surface area contributed by atoms with Crippen LogP contribution >= 0.6 is 24.0 Å². The molecule has 1 aliphatic carbocycles. The van der Waals surface area contributed by atoms with E-state index >= 15 is 0 Å². The van der Waals surface area contributed by atoms with E-state index in [0.717, 1.165) is 56.1 Å². The Hall–Kier alpha value is -1.84. The van der Waals surface area contributed by atoms with Crippen molar-refractivity contribution in [2.75, 3.05) is 25.0 Å². The van der Waals surface area contributed by atoms with Crippen LogP contribution in [0.25, 0.3) is 0 Å². The SMILES string of the molecule is CN=C(NCc1cccnc1N1CCC(C(N)=O)CC1)NC1CC=CC1.I. The van der Waals surface area contributed by atoms with E-state index in [2.05, 4.69) is 43.7 Å². The van der Waals surface area contributed by atoms with Crippen LogP contribution in [-0.2, 0) is 11.3 Å². The number of carbonyl (C=O) groups excluding carboxylic acids is 1. The minimum absolute atomic E-state index is 0. The zero-order chi connectivity index (χ0) is 18.4. The summed E-state index contributed by atoms with van der Waals surface area (Å²) >= 11 is 0. The molecular weight excluding hydrogens is 455 g/mol. The number of guanidine groups is 1. The number of rotatable bonds is 5. The van der Waals surface area contributed by atoms with Gasteiger partial charge in [-0.25, -0.2) is 4.98 Å². The molecule has 0 saturated carbocycles. The zero-order valence-corrected chi connectivity index (χ0v) is 18.1. The number of primary amides is 1. The van der Waals surface area contributed by atoms with Crippen molar-refractivity contribution in [1.29, 1.82) is 0 Å². The number of nitrogens with two attached hydrogens (primary N) is 1. The van der Waals surface area contributed by atoms with Crippen molar-refractivity contribution >= 4 is 41.7 Å². The third-order valence-corrected chi connectivity index (χ3v) is 5.08. The van der Waals surface area contributed by atoms with Crippen molar-refractivity contribution in [3.8, 4) is 0 Å². The van der Waals surface area contributed by atoms with Crippen LogP contribution in [0.4, 0.5) is 5.82 Å². The minimum Gasteiger partial charge on any atom is -0.369 e. The van der Waals surface area contributed by atoms with Crippen LogP contribution in [0.1, 0.15) is 31.2 Å². The summed E-state index contributed by atoms with van der Waals surface area (Å²) in [5.41, 5.74) is 6.56. The number of halogens is 1. The highest BCUT2D eigenvalue weighted by atomic mass is 127. The van der Waals surface area contributed by atoms with Crippen molar-refractivity contribution in [3.05, 3.63) is 36.0 Å². The van der Waals surface area contributed by atoms with E-state index in [1.807, 2.05) is 12.3 Å². The van der Waals surface area contributed by atoms with Gasteiger partial charge in [-0.2, -0.15) is 0 Å². The van der Waals surface area contributed by atoms with Crippen LogP contribution in [0.5, 0.6) is 0 Å². The average molecular weight is 484 g/mol. The molecule has 7 nitrogen and oxygen atoms in total. The first-order valence-electron chi connectivity index (χ1n) is 9.27. The normalized spacial score (nSPS) is 18.3. The largest absolute Gasteiger partial charge is 0.369 e. The molecule has 3 rings (SSSR count). The van der Waals surface area contributed by atoms with Crippen molar-refractivity contribution in [2.24, 2.45) is 16.6 Å². The van der Waals surface area contributed by atoms with Crippen LogP contribution in [0.2, 0.25) is 0 Å². The molecule has 27 heavy (non-hydrogen) atoms. The number of pyridine rings is 1. The molecule has 1 fully saturated rings. The van der Waals surface area contributed by atoms with Gasteiger partial charge in [-0.05, 0) is 31.7 Å². The van der Waals surface area contributed by atoms with Crippen LogP contribution in [-0.4, -0.2) is 43.0 Å². The van der Waals surface area contributed by atoms with Gasteiger partial charge in [-0.15, -0.1) is 24.0 Å². The number of hydrogen-bond donors (Lipinski definition) is 3. The molecule has 2 aliphatic rings. The number of nitrogens with one attached hydrogen (secondary N) is 2. The smallest absolute Gasteiger partial charge is 0.220 e. The lowest BCUT2D eigenvalue weighted by molar-refractivity contribution is -0.122. The first-order valence-corrected chi connectivity index (χ1v) is 9.27. The molecule has 0 atom stereocenters. The number of carbonyl (C=O) groups is 1. The van der Waals surface area contributed by atoms with E-state index in [1.54, 1.807) is 7.05 Å². The van der Waals surface area contributed by atoms with Crippen molar-refractivity contribution < 1.29 is 4.79 Å². The molecule has 0 spiro atoms. The molecular formula is C19H29IN6O. The summed E-state index contributed by atoms with van der Waals surface area (Å²) in [6.07, 6.45) is 9.85. The monoisotopic (exact) mass is 484 g/mol. The summed E-state index contributed by atoms with van der Waals surface area (Å²) < 4.78 is 0. The number of piperidine rings is 1. The Kier molecular flexibility index (Phi) is 8.33. The fourth-order valence-corrected chi connectivity index (χ4v) is 3.53. The quantitative estimate of drug-likeness (QED) is 0.256.